The lowest BCUT2D eigenvalue weighted by atomic mass is 10.1. The van der Waals surface area contributed by atoms with Crippen LogP contribution in [0.3, 0.4) is 0 Å². The number of hydrogen-bond acceptors (Lipinski definition) is 6. The number of nitrogens with zero attached hydrogens (tertiary/aromatic N) is 5. The molecule has 3 aromatic rings. The second-order valence-corrected chi connectivity index (χ2v) is 6.53. The maximum absolute atomic E-state index is 5.47. The van der Waals surface area contributed by atoms with Crippen molar-refractivity contribution >= 4 is 11.3 Å². The summed E-state index contributed by atoms with van der Waals surface area (Å²) >= 11 is 1.62. The van der Waals surface area contributed by atoms with E-state index in [1.165, 1.54) is 5.69 Å². The van der Waals surface area contributed by atoms with E-state index in [1.807, 2.05) is 23.8 Å². The van der Waals surface area contributed by atoms with E-state index in [-0.39, 0.29) is 6.04 Å². The van der Waals surface area contributed by atoms with Crippen molar-refractivity contribution in [2.45, 2.75) is 25.9 Å². The molecule has 0 radical (unpaired) electrons. The average Bonchev–Trinajstić information content (AvgIpc) is 3.27. The molecule has 4 rings (SSSR count). The molecule has 0 fully saturated rings. The Bertz CT molecular complexity index is 776. The predicted molar refractivity (Wildman–Crippen MR) is 83.3 cm³/mol. The Labute approximate surface area is 132 Å². The van der Waals surface area contributed by atoms with E-state index in [4.69, 9.17) is 4.52 Å². The van der Waals surface area contributed by atoms with Crippen molar-refractivity contribution in [2.75, 3.05) is 6.54 Å². The molecule has 0 aromatic carbocycles. The second-order valence-electron chi connectivity index (χ2n) is 5.58. The first-order chi connectivity index (χ1) is 10.7. The molecular formula is C15H17N5OS. The Morgan fingerprint density at radius 1 is 1.41 bits per heavy atom. The number of aryl methyl sites for hydroxylation is 1. The highest BCUT2D eigenvalue weighted by Crippen LogP contribution is 2.28. The van der Waals surface area contributed by atoms with Crippen LogP contribution < -0.4 is 0 Å². The number of rotatable bonds is 3. The Morgan fingerprint density at radius 3 is 3.14 bits per heavy atom. The molecule has 0 N–H and O–H groups in total. The first-order valence-corrected chi connectivity index (χ1v) is 8.21. The van der Waals surface area contributed by atoms with Crippen LogP contribution in [0.4, 0.5) is 0 Å². The fourth-order valence-electron chi connectivity index (χ4n) is 2.88. The third-order valence-corrected chi connectivity index (χ3v) is 5.09. The van der Waals surface area contributed by atoms with E-state index in [0.29, 0.717) is 11.7 Å². The minimum Gasteiger partial charge on any atom is -0.337 e. The number of imidazole rings is 1. The summed E-state index contributed by atoms with van der Waals surface area (Å²) in [5.74, 6) is 1.34. The van der Waals surface area contributed by atoms with Crippen LogP contribution in [0.2, 0.25) is 0 Å². The summed E-state index contributed by atoms with van der Waals surface area (Å²) in [6.07, 6.45) is 2.89. The summed E-state index contributed by atoms with van der Waals surface area (Å²) in [4.78, 5) is 12.4. The number of aromatic nitrogens is 4. The van der Waals surface area contributed by atoms with E-state index in [0.717, 1.165) is 30.1 Å². The van der Waals surface area contributed by atoms with Crippen molar-refractivity contribution in [3.8, 4) is 10.7 Å². The molecule has 1 atom stereocenters. The molecule has 0 amide bonds. The van der Waals surface area contributed by atoms with E-state index >= 15 is 0 Å². The molecule has 7 heteroatoms. The van der Waals surface area contributed by atoms with Crippen LogP contribution in [-0.2, 0) is 20.0 Å². The maximum atomic E-state index is 5.47. The van der Waals surface area contributed by atoms with Crippen LogP contribution in [-0.4, -0.2) is 31.1 Å². The van der Waals surface area contributed by atoms with Crippen molar-refractivity contribution in [2.24, 2.45) is 7.05 Å². The predicted octanol–water partition coefficient (Wildman–Crippen LogP) is 2.65. The van der Waals surface area contributed by atoms with Gasteiger partial charge in [-0.15, -0.1) is 11.3 Å². The summed E-state index contributed by atoms with van der Waals surface area (Å²) in [6.45, 7) is 3.91. The van der Waals surface area contributed by atoms with Crippen LogP contribution in [0, 0.1) is 0 Å². The number of fused-ring (bicyclic) bond motifs is 1. The van der Waals surface area contributed by atoms with Gasteiger partial charge >= 0.3 is 0 Å². The summed E-state index contributed by atoms with van der Waals surface area (Å²) in [5, 5.41) is 6.12. The van der Waals surface area contributed by atoms with Gasteiger partial charge in [-0.1, -0.05) is 11.2 Å². The van der Waals surface area contributed by atoms with Gasteiger partial charge in [-0.05, 0) is 18.4 Å². The Balaban J connectivity index is 1.54. The Hall–Kier alpha value is -1.99. The molecule has 0 aliphatic carbocycles. The highest BCUT2D eigenvalue weighted by atomic mass is 32.1. The summed E-state index contributed by atoms with van der Waals surface area (Å²) < 4.78 is 7.58. The first-order valence-electron chi connectivity index (χ1n) is 7.33. The molecule has 0 unspecified atom stereocenters. The van der Waals surface area contributed by atoms with Crippen LogP contribution in [0.5, 0.6) is 0 Å². The highest BCUT2D eigenvalue weighted by Gasteiger charge is 2.27. The van der Waals surface area contributed by atoms with Gasteiger partial charge in [0, 0.05) is 32.3 Å². The molecule has 1 aliphatic rings. The minimum absolute atomic E-state index is 0.0939. The largest absolute Gasteiger partial charge is 0.337 e. The van der Waals surface area contributed by atoms with Crippen molar-refractivity contribution < 1.29 is 4.52 Å². The molecule has 4 heterocycles. The van der Waals surface area contributed by atoms with Crippen molar-refractivity contribution in [3.63, 3.8) is 0 Å². The van der Waals surface area contributed by atoms with Gasteiger partial charge in [-0.3, -0.25) is 4.90 Å². The summed E-state index contributed by atoms with van der Waals surface area (Å²) in [7, 11) is 2.05. The zero-order chi connectivity index (χ0) is 15.1. The first kappa shape index (κ1) is 13.7. The van der Waals surface area contributed by atoms with Crippen LogP contribution in [0.25, 0.3) is 10.7 Å². The van der Waals surface area contributed by atoms with E-state index in [9.17, 15) is 0 Å². The molecule has 6 nitrogen and oxygen atoms in total. The van der Waals surface area contributed by atoms with Crippen LogP contribution in [0.15, 0.2) is 28.4 Å². The molecule has 0 saturated carbocycles. The molecule has 0 spiro atoms. The van der Waals surface area contributed by atoms with Crippen LogP contribution in [0.1, 0.15) is 30.2 Å². The molecule has 3 aromatic heterocycles. The smallest absolute Gasteiger partial charge is 0.244 e. The topological polar surface area (TPSA) is 60.0 Å². The van der Waals surface area contributed by atoms with E-state index < -0.39 is 0 Å². The highest BCUT2D eigenvalue weighted by molar-refractivity contribution is 7.13. The summed E-state index contributed by atoms with van der Waals surface area (Å²) in [6, 6.07) is 4.09. The van der Waals surface area contributed by atoms with Crippen molar-refractivity contribution in [1.82, 2.24) is 24.6 Å². The molecule has 114 valence electrons. The fraction of sp³-hybridized carbons (Fsp3) is 0.400. The van der Waals surface area contributed by atoms with Crippen molar-refractivity contribution in [1.29, 1.82) is 0 Å². The minimum atomic E-state index is 0.0939. The molecule has 0 saturated heterocycles. The van der Waals surface area contributed by atoms with Gasteiger partial charge in [-0.2, -0.15) is 4.98 Å². The summed E-state index contributed by atoms with van der Waals surface area (Å²) in [5.41, 5.74) is 2.48. The van der Waals surface area contributed by atoms with Crippen molar-refractivity contribution in [3.05, 3.63) is 41.1 Å². The van der Waals surface area contributed by atoms with Gasteiger partial charge in [0.05, 0.1) is 22.9 Å². The van der Waals surface area contributed by atoms with Gasteiger partial charge < -0.3 is 9.09 Å². The fourth-order valence-corrected chi connectivity index (χ4v) is 3.52. The second kappa shape index (κ2) is 5.33. The zero-order valence-corrected chi connectivity index (χ0v) is 13.4. The van der Waals surface area contributed by atoms with Gasteiger partial charge in [0.25, 0.3) is 0 Å². The quantitative estimate of drug-likeness (QED) is 0.743. The van der Waals surface area contributed by atoms with Crippen LogP contribution >= 0.6 is 11.3 Å². The van der Waals surface area contributed by atoms with E-state index in [2.05, 4.69) is 38.6 Å². The molecule has 22 heavy (non-hydrogen) atoms. The van der Waals surface area contributed by atoms with Gasteiger partial charge in [-0.25, -0.2) is 4.98 Å². The maximum Gasteiger partial charge on any atom is 0.244 e. The average molecular weight is 315 g/mol. The number of thiophene rings is 1. The lowest BCUT2D eigenvalue weighted by Gasteiger charge is -2.29. The van der Waals surface area contributed by atoms with Gasteiger partial charge in [0.1, 0.15) is 0 Å². The third kappa shape index (κ3) is 2.26. The van der Waals surface area contributed by atoms with E-state index in [1.54, 1.807) is 11.3 Å². The van der Waals surface area contributed by atoms with Gasteiger partial charge in [0.2, 0.25) is 11.7 Å². The molecule has 0 bridgehead atoms. The van der Waals surface area contributed by atoms with Gasteiger partial charge in [0.15, 0.2) is 0 Å². The monoisotopic (exact) mass is 315 g/mol. The SMILES string of the molecule is C[C@H](c1nc(-c2cccs2)no1)N1CCc2c(ncn2C)C1. The number of hydrogen-bond donors (Lipinski definition) is 0. The third-order valence-electron chi connectivity index (χ3n) is 4.22. The normalized spacial score (nSPS) is 16.6. The Morgan fingerprint density at radius 2 is 2.32 bits per heavy atom. The lowest BCUT2D eigenvalue weighted by molar-refractivity contribution is 0.155. The Kier molecular flexibility index (Phi) is 3.31. The lowest BCUT2D eigenvalue weighted by Crippen LogP contribution is -2.33. The molecule has 1 aliphatic heterocycles. The molecular weight excluding hydrogens is 298 g/mol. The standard InChI is InChI=1S/C15H17N5OS/c1-10(15-17-14(18-21-15)13-4-3-7-22-13)20-6-5-12-11(8-20)16-9-19(12)2/h3-4,7,9-10H,5-6,8H2,1-2H3/t10-/m1/s1. The zero-order valence-electron chi connectivity index (χ0n) is 12.6.